The molecule has 0 aliphatic carbocycles. The molecule has 8 heteroatoms. The molecule has 1 aromatic heterocycles. The summed E-state index contributed by atoms with van der Waals surface area (Å²) in [6, 6.07) is 10.7. The van der Waals surface area contributed by atoms with E-state index < -0.39 is 0 Å². The number of hydrogen-bond acceptors (Lipinski definition) is 4. The summed E-state index contributed by atoms with van der Waals surface area (Å²) in [7, 11) is 1.58. The maximum Gasteiger partial charge on any atom is 0.246 e. The zero-order valence-electron chi connectivity index (χ0n) is 12.5. The number of carbonyl (C=O) groups is 1. The number of guanidine groups is 1. The molecule has 2 aromatic rings. The van der Waals surface area contributed by atoms with Crippen LogP contribution in [0.4, 0.5) is 11.4 Å². The molecule has 1 amide bonds. The molecule has 0 unspecified atom stereocenters. The fourth-order valence-corrected chi connectivity index (χ4v) is 1.68. The van der Waals surface area contributed by atoms with Crippen molar-refractivity contribution in [3.05, 3.63) is 48.8 Å². The number of ether oxygens (including phenoxy) is 1. The van der Waals surface area contributed by atoms with E-state index in [0.717, 1.165) is 5.69 Å². The largest absolute Gasteiger partial charge is 0.497 e. The van der Waals surface area contributed by atoms with E-state index in [4.69, 9.17) is 10.5 Å². The zero-order chi connectivity index (χ0) is 15.8. The van der Waals surface area contributed by atoms with E-state index in [2.05, 4.69) is 20.6 Å². The first kappa shape index (κ1) is 18.7. The molecule has 0 bridgehead atoms. The average molecular weight is 427 g/mol. The normalized spacial score (nSPS) is 10.4. The molecule has 7 nitrogen and oxygen atoms in total. The zero-order valence-corrected chi connectivity index (χ0v) is 14.9. The monoisotopic (exact) mass is 427 g/mol. The summed E-state index contributed by atoms with van der Waals surface area (Å²) in [5.41, 5.74) is 7.09. The summed E-state index contributed by atoms with van der Waals surface area (Å²) in [5.74, 6) is 0.574. The molecule has 0 saturated heterocycles. The second kappa shape index (κ2) is 9.62. The molecule has 1 heterocycles. The van der Waals surface area contributed by atoms with Gasteiger partial charge in [0.05, 0.1) is 19.0 Å². The SMILES string of the molecule is COc1cccc(NC(N)=NCC(=O)Nc2cccnc2)c1.I. The smallest absolute Gasteiger partial charge is 0.246 e. The number of aromatic nitrogens is 1. The van der Waals surface area contributed by atoms with Crippen molar-refractivity contribution in [1.82, 2.24) is 4.98 Å². The maximum atomic E-state index is 11.7. The van der Waals surface area contributed by atoms with Crippen LogP contribution in [0.3, 0.4) is 0 Å². The van der Waals surface area contributed by atoms with Gasteiger partial charge in [-0.1, -0.05) is 6.07 Å². The highest BCUT2D eigenvalue weighted by molar-refractivity contribution is 14.0. The summed E-state index contributed by atoms with van der Waals surface area (Å²) in [6.07, 6.45) is 3.18. The van der Waals surface area contributed by atoms with E-state index in [-0.39, 0.29) is 42.4 Å². The first-order valence-electron chi connectivity index (χ1n) is 6.58. The van der Waals surface area contributed by atoms with Gasteiger partial charge in [-0.15, -0.1) is 24.0 Å². The first-order chi connectivity index (χ1) is 10.7. The molecular formula is C15H18IN5O2. The van der Waals surface area contributed by atoms with Gasteiger partial charge in [0.25, 0.3) is 0 Å². The van der Waals surface area contributed by atoms with E-state index in [9.17, 15) is 4.79 Å². The van der Waals surface area contributed by atoms with Crippen LogP contribution in [0.25, 0.3) is 0 Å². The highest BCUT2D eigenvalue weighted by Gasteiger charge is 2.02. The number of nitrogens with one attached hydrogen (secondary N) is 2. The van der Waals surface area contributed by atoms with E-state index >= 15 is 0 Å². The summed E-state index contributed by atoms with van der Waals surface area (Å²) >= 11 is 0. The number of hydrogen-bond donors (Lipinski definition) is 3. The van der Waals surface area contributed by atoms with Crippen molar-refractivity contribution in [3.63, 3.8) is 0 Å². The maximum absolute atomic E-state index is 11.7. The third-order valence-corrected chi connectivity index (χ3v) is 2.68. The van der Waals surface area contributed by atoms with Gasteiger partial charge in [0, 0.05) is 18.0 Å². The van der Waals surface area contributed by atoms with Crippen LogP contribution in [-0.4, -0.2) is 30.5 Å². The lowest BCUT2D eigenvalue weighted by molar-refractivity contribution is -0.114. The summed E-state index contributed by atoms with van der Waals surface area (Å²) < 4.78 is 5.11. The Morgan fingerprint density at radius 3 is 2.74 bits per heavy atom. The van der Waals surface area contributed by atoms with Crippen LogP contribution in [0.2, 0.25) is 0 Å². The van der Waals surface area contributed by atoms with Crippen LogP contribution in [0, 0.1) is 0 Å². The summed E-state index contributed by atoms with van der Waals surface area (Å²) in [6.45, 7) is -0.0856. The molecule has 23 heavy (non-hydrogen) atoms. The Hall–Kier alpha value is -2.36. The number of nitrogens with zero attached hydrogens (tertiary/aromatic N) is 2. The van der Waals surface area contributed by atoms with Gasteiger partial charge in [0.2, 0.25) is 5.91 Å². The molecular weight excluding hydrogens is 409 g/mol. The molecule has 2 rings (SSSR count). The minimum atomic E-state index is -0.275. The standard InChI is InChI=1S/C15H17N5O2.HI/c1-22-13-6-2-4-11(8-13)20-15(16)18-10-14(21)19-12-5-3-7-17-9-12;/h2-9H,10H2,1H3,(H,19,21)(H3,16,18,20);1H. The molecule has 4 N–H and O–H groups in total. The molecule has 1 aromatic carbocycles. The van der Waals surface area contributed by atoms with E-state index in [0.29, 0.717) is 11.4 Å². The Bertz CT molecular complexity index is 664. The van der Waals surface area contributed by atoms with Crippen molar-refractivity contribution in [3.8, 4) is 5.75 Å². The number of carbonyl (C=O) groups excluding carboxylic acids is 1. The molecule has 0 aliphatic heterocycles. The van der Waals surface area contributed by atoms with E-state index in [1.165, 1.54) is 0 Å². The highest BCUT2D eigenvalue weighted by atomic mass is 127. The molecule has 0 atom stereocenters. The lowest BCUT2D eigenvalue weighted by Gasteiger charge is -2.07. The van der Waals surface area contributed by atoms with Crippen molar-refractivity contribution in [2.45, 2.75) is 0 Å². The molecule has 0 aliphatic rings. The molecule has 0 fully saturated rings. The van der Waals surface area contributed by atoms with Crippen molar-refractivity contribution < 1.29 is 9.53 Å². The predicted octanol–water partition coefficient (Wildman–Crippen LogP) is 2.07. The molecule has 0 radical (unpaired) electrons. The Kier molecular flexibility index (Phi) is 7.81. The minimum absolute atomic E-state index is 0. The molecule has 122 valence electrons. The fourth-order valence-electron chi connectivity index (χ4n) is 1.68. The topological polar surface area (TPSA) is 102 Å². The van der Waals surface area contributed by atoms with Crippen molar-refractivity contribution in [2.75, 3.05) is 24.3 Å². The van der Waals surface area contributed by atoms with Gasteiger partial charge < -0.3 is 21.1 Å². The van der Waals surface area contributed by atoms with E-state index in [1.54, 1.807) is 37.7 Å². The van der Waals surface area contributed by atoms with E-state index in [1.807, 2.05) is 18.2 Å². The first-order valence-corrected chi connectivity index (χ1v) is 6.58. The van der Waals surface area contributed by atoms with Crippen molar-refractivity contribution >= 4 is 47.2 Å². The number of pyridine rings is 1. The number of anilines is 2. The van der Waals surface area contributed by atoms with Gasteiger partial charge in [0.1, 0.15) is 12.3 Å². The number of nitrogens with two attached hydrogens (primary N) is 1. The van der Waals surface area contributed by atoms with Gasteiger partial charge in [-0.2, -0.15) is 0 Å². The number of benzene rings is 1. The van der Waals surface area contributed by atoms with Gasteiger partial charge in [-0.05, 0) is 24.3 Å². The van der Waals surface area contributed by atoms with Crippen LogP contribution in [-0.2, 0) is 4.79 Å². The number of halogens is 1. The van der Waals surface area contributed by atoms with Gasteiger partial charge >= 0.3 is 0 Å². The number of amides is 1. The fraction of sp³-hybridized carbons (Fsp3) is 0.133. The Morgan fingerprint density at radius 2 is 2.04 bits per heavy atom. The van der Waals surface area contributed by atoms with Crippen molar-refractivity contribution in [1.29, 1.82) is 0 Å². The van der Waals surface area contributed by atoms with Crippen LogP contribution in [0.1, 0.15) is 0 Å². The Balaban J connectivity index is 0.00000264. The summed E-state index contributed by atoms with van der Waals surface area (Å²) in [4.78, 5) is 19.6. The lowest BCUT2D eigenvalue weighted by atomic mass is 10.3. The minimum Gasteiger partial charge on any atom is -0.497 e. The summed E-state index contributed by atoms with van der Waals surface area (Å²) in [5, 5.41) is 5.56. The second-order valence-electron chi connectivity index (χ2n) is 4.35. The number of aliphatic imine (C=N–C) groups is 1. The van der Waals surface area contributed by atoms with Gasteiger partial charge in [-0.25, -0.2) is 4.99 Å². The number of methoxy groups -OCH3 is 1. The van der Waals surface area contributed by atoms with Crippen LogP contribution in [0.5, 0.6) is 5.75 Å². The lowest BCUT2D eigenvalue weighted by Crippen LogP contribution is -2.25. The van der Waals surface area contributed by atoms with Crippen LogP contribution < -0.4 is 21.1 Å². The highest BCUT2D eigenvalue weighted by Crippen LogP contribution is 2.16. The van der Waals surface area contributed by atoms with Crippen LogP contribution in [0.15, 0.2) is 53.8 Å². The Labute approximate surface area is 151 Å². The molecule has 0 spiro atoms. The van der Waals surface area contributed by atoms with Crippen LogP contribution >= 0.6 is 24.0 Å². The van der Waals surface area contributed by atoms with Gasteiger partial charge in [0.15, 0.2) is 5.96 Å². The Morgan fingerprint density at radius 1 is 1.26 bits per heavy atom. The average Bonchev–Trinajstić information content (AvgIpc) is 2.54. The third-order valence-electron chi connectivity index (χ3n) is 2.68. The number of rotatable bonds is 5. The van der Waals surface area contributed by atoms with Crippen molar-refractivity contribution in [2.24, 2.45) is 10.7 Å². The van der Waals surface area contributed by atoms with Gasteiger partial charge in [-0.3, -0.25) is 9.78 Å². The molecule has 0 saturated carbocycles. The predicted molar refractivity (Wildman–Crippen MR) is 101 cm³/mol. The second-order valence-corrected chi connectivity index (χ2v) is 4.35. The quantitative estimate of drug-likeness (QED) is 0.385. The third kappa shape index (κ3) is 6.51.